The van der Waals surface area contributed by atoms with Gasteiger partial charge in [-0.05, 0) is 0 Å². The molecule has 0 fully saturated rings. The fraction of sp³-hybridized carbons (Fsp3) is 0.750. The predicted octanol–water partition coefficient (Wildman–Crippen LogP) is -2.69. The SMILES string of the molecule is N[C@@H](CS(=O)CCS(=O)C[C@H](N)C(=O)O)C(=O)O. The molecule has 2 unspecified atom stereocenters. The van der Waals surface area contributed by atoms with Gasteiger partial charge in [-0.15, -0.1) is 0 Å². The zero-order valence-electron chi connectivity index (χ0n) is 9.48. The Morgan fingerprint density at radius 3 is 1.39 bits per heavy atom. The third-order valence-corrected chi connectivity index (χ3v) is 4.94. The van der Waals surface area contributed by atoms with Gasteiger partial charge in [-0.3, -0.25) is 18.0 Å². The van der Waals surface area contributed by atoms with Crippen LogP contribution in [0.3, 0.4) is 0 Å². The summed E-state index contributed by atoms with van der Waals surface area (Å²) < 4.78 is 22.7. The minimum Gasteiger partial charge on any atom is -0.480 e. The first kappa shape index (κ1) is 17.2. The van der Waals surface area contributed by atoms with E-state index in [1.807, 2.05) is 0 Å². The highest BCUT2D eigenvalue weighted by Gasteiger charge is 2.18. The standard InChI is InChI=1S/C8H16N2O6S2/c9-5(7(11)12)3-17(15)1-2-18(16)4-6(10)8(13)14/h5-6H,1-4,9-10H2,(H,11,12)(H,13,14)/t5-,6-,17?,18?/m0/s1. The Labute approximate surface area is 109 Å². The van der Waals surface area contributed by atoms with E-state index in [2.05, 4.69) is 0 Å². The smallest absolute Gasteiger partial charge is 0.321 e. The van der Waals surface area contributed by atoms with Crippen molar-refractivity contribution in [3.8, 4) is 0 Å². The van der Waals surface area contributed by atoms with Crippen LogP contribution in [-0.4, -0.2) is 65.7 Å². The average Bonchev–Trinajstić information content (AvgIpc) is 2.25. The van der Waals surface area contributed by atoms with Crippen molar-refractivity contribution in [2.75, 3.05) is 23.0 Å². The Hall–Kier alpha value is -0.840. The summed E-state index contributed by atoms with van der Waals surface area (Å²) >= 11 is 0. The summed E-state index contributed by atoms with van der Waals surface area (Å²) in [5, 5.41) is 17.0. The van der Waals surface area contributed by atoms with Gasteiger partial charge >= 0.3 is 11.9 Å². The Morgan fingerprint density at radius 1 is 0.889 bits per heavy atom. The van der Waals surface area contributed by atoms with E-state index < -0.39 is 45.6 Å². The average molecular weight is 300 g/mol. The van der Waals surface area contributed by atoms with Crippen LogP contribution in [0.1, 0.15) is 0 Å². The fourth-order valence-corrected chi connectivity index (χ4v) is 3.80. The number of hydrogen-bond donors (Lipinski definition) is 4. The number of nitrogens with two attached hydrogens (primary N) is 2. The molecule has 0 aliphatic rings. The molecule has 106 valence electrons. The van der Waals surface area contributed by atoms with Crippen LogP contribution in [0, 0.1) is 0 Å². The van der Waals surface area contributed by atoms with Gasteiger partial charge in [0.25, 0.3) is 0 Å². The lowest BCUT2D eigenvalue weighted by Gasteiger charge is -2.08. The Kier molecular flexibility index (Phi) is 7.91. The molecule has 0 aromatic rings. The Bertz CT molecular complexity index is 327. The highest BCUT2D eigenvalue weighted by atomic mass is 32.2. The summed E-state index contributed by atoms with van der Waals surface area (Å²) in [4.78, 5) is 20.8. The second-order valence-corrected chi connectivity index (χ2v) is 6.75. The molecule has 18 heavy (non-hydrogen) atoms. The molecule has 0 aromatic carbocycles. The third-order valence-electron chi connectivity index (χ3n) is 1.90. The molecule has 0 radical (unpaired) electrons. The molecule has 0 bridgehead atoms. The van der Waals surface area contributed by atoms with Crippen LogP contribution in [0.5, 0.6) is 0 Å². The maximum absolute atomic E-state index is 11.4. The minimum atomic E-state index is -1.50. The Balaban J connectivity index is 3.96. The molecule has 0 saturated heterocycles. The van der Waals surface area contributed by atoms with Crippen molar-refractivity contribution in [3.63, 3.8) is 0 Å². The summed E-state index contributed by atoms with van der Waals surface area (Å²) in [6.07, 6.45) is 0. The van der Waals surface area contributed by atoms with Crippen molar-refractivity contribution in [1.82, 2.24) is 0 Å². The first-order valence-electron chi connectivity index (χ1n) is 4.90. The van der Waals surface area contributed by atoms with Gasteiger partial charge in [-0.1, -0.05) is 0 Å². The van der Waals surface area contributed by atoms with Crippen LogP contribution in [0.4, 0.5) is 0 Å². The van der Waals surface area contributed by atoms with Crippen LogP contribution in [0.15, 0.2) is 0 Å². The number of hydrogen-bond acceptors (Lipinski definition) is 6. The van der Waals surface area contributed by atoms with Gasteiger partial charge < -0.3 is 21.7 Å². The lowest BCUT2D eigenvalue weighted by Crippen LogP contribution is -2.38. The quantitative estimate of drug-likeness (QED) is 0.358. The molecule has 0 rings (SSSR count). The predicted molar refractivity (Wildman–Crippen MR) is 67.0 cm³/mol. The normalized spacial score (nSPS) is 17.7. The first-order chi connectivity index (χ1) is 8.23. The first-order valence-corrected chi connectivity index (χ1v) is 7.88. The number of carboxylic acid groups (broad SMARTS) is 2. The second-order valence-electron chi connectivity index (χ2n) is 3.51. The van der Waals surface area contributed by atoms with Crippen molar-refractivity contribution in [1.29, 1.82) is 0 Å². The molecule has 0 aliphatic heterocycles. The van der Waals surface area contributed by atoms with Gasteiger partial charge in [0.1, 0.15) is 12.1 Å². The fourth-order valence-electron chi connectivity index (χ4n) is 0.896. The van der Waals surface area contributed by atoms with E-state index in [-0.39, 0.29) is 23.0 Å². The lowest BCUT2D eigenvalue weighted by atomic mass is 10.4. The van der Waals surface area contributed by atoms with Crippen LogP contribution in [-0.2, 0) is 31.2 Å². The van der Waals surface area contributed by atoms with E-state index in [1.165, 1.54) is 0 Å². The summed E-state index contributed by atoms with van der Waals surface area (Å²) in [6, 6.07) is -2.44. The lowest BCUT2D eigenvalue weighted by molar-refractivity contribution is -0.138. The van der Waals surface area contributed by atoms with E-state index in [1.54, 1.807) is 0 Å². The molecule has 0 aromatic heterocycles. The number of carboxylic acids is 2. The highest BCUT2D eigenvalue weighted by Crippen LogP contribution is 1.93. The summed E-state index contributed by atoms with van der Waals surface area (Å²) in [7, 11) is -3.01. The molecule has 0 aliphatic carbocycles. The van der Waals surface area contributed by atoms with Gasteiger partial charge in [0.05, 0.1) is 0 Å². The summed E-state index contributed by atoms with van der Waals surface area (Å²) in [5.41, 5.74) is 10.4. The van der Waals surface area contributed by atoms with Crippen molar-refractivity contribution >= 4 is 33.5 Å². The minimum absolute atomic E-state index is 0.0000693. The van der Waals surface area contributed by atoms with Crippen LogP contribution in [0.25, 0.3) is 0 Å². The molecule has 4 atom stereocenters. The molecule has 6 N–H and O–H groups in total. The second kappa shape index (κ2) is 8.29. The van der Waals surface area contributed by atoms with Crippen molar-refractivity contribution in [2.45, 2.75) is 12.1 Å². The summed E-state index contributed by atoms with van der Waals surface area (Å²) in [5.74, 6) is -2.95. The number of aliphatic carboxylic acids is 2. The van der Waals surface area contributed by atoms with Crippen molar-refractivity contribution in [2.24, 2.45) is 11.5 Å². The van der Waals surface area contributed by atoms with E-state index in [0.29, 0.717) is 0 Å². The van der Waals surface area contributed by atoms with Crippen molar-refractivity contribution < 1.29 is 28.2 Å². The van der Waals surface area contributed by atoms with Crippen LogP contribution >= 0.6 is 0 Å². The van der Waals surface area contributed by atoms with E-state index in [9.17, 15) is 18.0 Å². The van der Waals surface area contributed by atoms with E-state index in [4.69, 9.17) is 21.7 Å². The molecule has 0 saturated carbocycles. The number of rotatable bonds is 9. The van der Waals surface area contributed by atoms with Crippen LogP contribution < -0.4 is 11.5 Å². The molecule has 10 heteroatoms. The molecule has 0 spiro atoms. The van der Waals surface area contributed by atoms with Crippen LogP contribution in [0.2, 0.25) is 0 Å². The molecule has 0 heterocycles. The number of carbonyl (C=O) groups is 2. The summed E-state index contributed by atoms with van der Waals surface area (Å²) in [6.45, 7) is 0. The van der Waals surface area contributed by atoms with Gasteiger partial charge in [-0.25, -0.2) is 0 Å². The van der Waals surface area contributed by atoms with E-state index in [0.717, 1.165) is 0 Å². The monoisotopic (exact) mass is 300 g/mol. The molecule has 0 amide bonds. The maximum atomic E-state index is 11.4. The zero-order chi connectivity index (χ0) is 14.3. The molecular formula is C8H16N2O6S2. The van der Waals surface area contributed by atoms with Gasteiger partial charge in [-0.2, -0.15) is 0 Å². The topological polar surface area (TPSA) is 161 Å². The van der Waals surface area contributed by atoms with Gasteiger partial charge in [0.2, 0.25) is 0 Å². The Morgan fingerprint density at radius 2 is 1.17 bits per heavy atom. The molecular weight excluding hydrogens is 284 g/mol. The van der Waals surface area contributed by atoms with E-state index >= 15 is 0 Å². The van der Waals surface area contributed by atoms with Gasteiger partial charge in [0.15, 0.2) is 0 Å². The van der Waals surface area contributed by atoms with Crippen molar-refractivity contribution in [3.05, 3.63) is 0 Å². The molecule has 8 nitrogen and oxygen atoms in total. The zero-order valence-corrected chi connectivity index (χ0v) is 11.1. The van der Waals surface area contributed by atoms with Gasteiger partial charge in [0, 0.05) is 44.6 Å². The maximum Gasteiger partial charge on any atom is 0.321 e. The highest BCUT2D eigenvalue weighted by molar-refractivity contribution is 7.88. The third kappa shape index (κ3) is 7.48. The largest absolute Gasteiger partial charge is 0.480 e.